The van der Waals surface area contributed by atoms with Crippen molar-refractivity contribution in [3.05, 3.63) is 35.9 Å². The highest BCUT2D eigenvalue weighted by molar-refractivity contribution is 5.14. The molecule has 0 aromatic heterocycles. The number of likely N-dealkylation sites (N-methyl/N-ethyl adjacent to an activating group) is 1. The average Bonchev–Trinajstić information content (AvgIpc) is 2.29. The van der Waals surface area contributed by atoms with E-state index in [4.69, 9.17) is 0 Å². The zero-order valence-electron chi connectivity index (χ0n) is 9.37. The quantitative estimate of drug-likeness (QED) is 0.611. The Morgan fingerprint density at radius 3 is 2.47 bits per heavy atom. The molecule has 3 heteroatoms. The van der Waals surface area contributed by atoms with Crippen LogP contribution in [0.15, 0.2) is 30.3 Å². The van der Waals surface area contributed by atoms with Gasteiger partial charge in [0.2, 0.25) is 0 Å². The molecule has 3 nitrogen and oxygen atoms in total. The van der Waals surface area contributed by atoms with E-state index in [0.717, 1.165) is 32.7 Å². The van der Waals surface area contributed by atoms with Gasteiger partial charge in [-0.15, -0.1) is 0 Å². The lowest BCUT2D eigenvalue weighted by atomic mass is 10.2. The van der Waals surface area contributed by atoms with Gasteiger partial charge in [-0.2, -0.15) is 0 Å². The number of nitrogens with one attached hydrogen (secondary N) is 2. The van der Waals surface area contributed by atoms with Gasteiger partial charge < -0.3 is 10.6 Å². The topological polar surface area (TPSA) is 38.2 Å². The molecule has 0 bridgehead atoms. The van der Waals surface area contributed by atoms with Gasteiger partial charge in [0.05, 0.1) is 0 Å². The fraction of sp³-hybridized carbons (Fsp3) is 0.500. The maximum absolute atomic E-state index is 4.02. The summed E-state index contributed by atoms with van der Waals surface area (Å²) in [6.07, 6.45) is 0. The number of nitrogens with zero attached hydrogens (tertiary/aromatic N) is 1. The normalized spacial score (nSPS) is 10.5. The van der Waals surface area contributed by atoms with E-state index in [2.05, 4.69) is 40.2 Å². The van der Waals surface area contributed by atoms with E-state index in [-0.39, 0.29) is 0 Å². The molecule has 83 valence electrons. The van der Waals surface area contributed by atoms with E-state index in [1.54, 1.807) is 0 Å². The minimum absolute atomic E-state index is 0.901. The highest BCUT2D eigenvalue weighted by Gasteiger charge is 1.90. The molecule has 15 heavy (non-hydrogen) atoms. The zero-order valence-corrected chi connectivity index (χ0v) is 9.37. The third-order valence-electron chi connectivity index (χ3n) is 2.16. The minimum atomic E-state index is 0.901. The van der Waals surface area contributed by atoms with Crippen LogP contribution in [-0.4, -0.2) is 33.2 Å². The predicted molar refractivity (Wildman–Crippen MR) is 63.9 cm³/mol. The minimum Gasteiger partial charge on any atom is -0.314 e. The van der Waals surface area contributed by atoms with E-state index in [9.17, 15) is 0 Å². The van der Waals surface area contributed by atoms with E-state index in [1.807, 2.05) is 13.1 Å². The molecule has 2 N–H and O–H groups in total. The van der Waals surface area contributed by atoms with Gasteiger partial charge in [-0.1, -0.05) is 30.3 Å². The van der Waals surface area contributed by atoms with Crippen LogP contribution in [0.2, 0.25) is 0 Å². The van der Waals surface area contributed by atoms with Crippen molar-refractivity contribution in [2.45, 2.75) is 6.54 Å². The second kappa shape index (κ2) is 8.41. The molecule has 0 atom stereocenters. The fourth-order valence-electron chi connectivity index (χ4n) is 1.32. The summed E-state index contributed by atoms with van der Waals surface area (Å²) in [4.78, 5) is 0. The van der Waals surface area contributed by atoms with Crippen LogP contribution in [0.1, 0.15) is 5.56 Å². The number of rotatable bonds is 8. The fourth-order valence-corrected chi connectivity index (χ4v) is 1.32. The molecule has 0 amide bonds. The summed E-state index contributed by atoms with van der Waals surface area (Å²) in [7, 11) is 1.84. The average molecular weight is 206 g/mol. The molecular weight excluding hydrogens is 186 g/mol. The Bertz CT molecular complexity index is 236. The number of hydrogen-bond acceptors (Lipinski definition) is 2. The molecule has 0 saturated heterocycles. The monoisotopic (exact) mass is 206 g/mol. The highest BCUT2D eigenvalue weighted by Crippen LogP contribution is 1.96. The first-order valence-electron chi connectivity index (χ1n) is 5.44. The molecule has 0 heterocycles. The van der Waals surface area contributed by atoms with Crippen molar-refractivity contribution in [2.24, 2.45) is 0 Å². The Morgan fingerprint density at radius 2 is 1.73 bits per heavy atom. The van der Waals surface area contributed by atoms with Crippen molar-refractivity contribution in [2.75, 3.05) is 33.2 Å². The first-order valence-corrected chi connectivity index (χ1v) is 5.44. The van der Waals surface area contributed by atoms with Crippen LogP contribution in [0.5, 0.6) is 0 Å². The van der Waals surface area contributed by atoms with Gasteiger partial charge in [0.25, 0.3) is 0 Å². The van der Waals surface area contributed by atoms with Crippen molar-refractivity contribution >= 4 is 0 Å². The summed E-state index contributed by atoms with van der Waals surface area (Å²) < 4.78 is 0. The maximum Gasteiger partial charge on any atom is 0.0255 e. The van der Waals surface area contributed by atoms with Crippen LogP contribution in [0.25, 0.3) is 0 Å². The third-order valence-corrected chi connectivity index (χ3v) is 2.16. The van der Waals surface area contributed by atoms with Crippen LogP contribution in [0.4, 0.5) is 0 Å². The number of benzene rings is 1. The van der Waals surface area contributed by atoms with Crippen molar-refractivity contribution in [1.29, 1.82) is 0 Å². The van der Waals surface area contributed by atoms with Crippen LogP contribution in [0.3, 0.4) is 0 Å². The zero-order chi connectivity index (χ0) is 10.8. The molecule has 0 spiro atoms. The molecule has 0 aliphatic heterocycles. The molecule has 1 radical (unpaired) electrons. The molecule has 1 aromatic carbocycles. The second-order valence-corrected chi connectivity index (χ2v) is 3.45. The van der Waals surface area contributed by atoms with E-state index in [0.29, 0.717) is 0 Å². The largest absolute Gasteiger partial charge is 0.314 e. The molecular formula is C12H20N3. The van der Waals surface area contributed by atoms with Gasteiger partial charge in [0.15, 0.2) is 0 Å². The van der Waals surface area contributed by atoms with Crippen molar-refractivity contribution < 1.29 is 0 Å². The maximum atomic E-state index is 4.02. The molecule has 0 aliphatic rings. The smallest absolute Gasteiger partial charge is 0.0255 e. The number of hydrogen-bond donors (Lipinski definition) is 2. The summed E-state index contributed by atoms with van der Waals surface area (Å²) in [6, 6.07) is 10.4. The Labute approximate surface area is 92.3 Å². The molecule has 0 aliphatic carbocycles. The third kappa shape index (κ3) is 6.23. The van der Waals surface area contributed by atoms with Gasteiger partial charge in [0, 0.05) is 39.8 Å². The van der Waals surface area contributed by atoms with Gasteiger partial charge in [-0.3, -0.25) is 0 Å². The lowest BCUT2D eigenvalue weighted by Crippen LogP contribution is -2.30. The summed E-state index contributed by atoms with van der Waals surface area (Å²) in [6.45, 7) is 4.82. The van der Waals surface area contributed by atoms with Gasteiger partial charge >= 0.3 is 0 Å². The molecule has 1 aromatic rings. The standard InChI is InChI=1S/C12H20N3/c1-13-7-8-14-9-10-15-11-12-5-3-2-4-6-12/h2-6,14-15H,7-11H2,1H3. The van der Waals surface area contributed by atoms with Gasteiger partial charge in [-0.05, 0) is 5.56 Å². The first kappa shape index (κ1) is 12.2. The van der Waals surface area contributed by atoms with E-state index >= 15 is 0 Å². The Balaban J connectivity index is 1.93. The van der Waals surface area contributed by atoms with Crippen LogP contribution >= 0.6 is 0 Å². The van der Waals surface area contributed by atoms with Crippen molar-refractivity contribution in [3.63, 3.8) is 0 Å². The lowest BCUT2D eigenvalue weighted by Gasteiger charge is -2.05. The van der Waals surface area contributed by atoms with Crippen LogP contribution < -0.4 is 16.0 Å². The summed E-state index contributed by atoms with van der Waals surface area (Å²) in [5.41, 5.74) is 1.33. The SMILES string of the molecule is C[N]CCNCCNCc1ccccc1. The molecule has 0 saturated carbocycles. The first-order chi connectivity index (χ1) is 7.43. The van der Waals surface area contributed by atoms with Crippen LogP contribution in [0, 0.1) is 0 Å². The Hall–Kier alpha value is -0.900. The Kier molecular flexibility index (Phi) is 6.83. The summed E-state index contributed by atoms with van der Waals surface area (Å²) in [5, 5.41) is 10.7. The van der Waals surface area contributed by atoms with Gasteiger partial charge in [-0.25, -0.2) is 5.32 Å². The van der Waals surface area contributed by atoms with Crippen LogP contribution in [-0.2, 0) is 6.54 Å². The van der Waals surface area contributed by atoms with E-state index in [1.165, 1.54) is 5.56 Å². The van der Waals surface area contributed by atoms with Gasteiger partial charge in [0.1, 0.15) is 0 Å². The van der Waals surface area contributed by atoms with Crippen molar-refractivity contribution in [1.82, 2.24) is 16.0 Å². The predicted octanol–water partition coefficient (Wildman–Crippen LogP) is 0.600. The van der Waals surface area contributed by atoms with E-state index < -0.39 is 0 Å². The highest BCUT2D eigenvalue weighted by atomic mass is 15.0. The molecule has 0 fully saturated rings. The second-order valence-electron chi connectivity index (χ2n) is 3.45. The summed E-state index contributed by atoms with van der Waals surface area (Å²) >= 11 is 0. The Morgan fingerprint density at radius 1 is 1.00 bits per heavy atom. The lowest BCUT2D eigenvalue weighted by molar-refractivity contribution is 0.596. The molecule has 1 rings (SSSR count). The summed E-state index contributed by atoms with van der Waals surface area (Å²) in [5.74, 6) is 0. The molecule has 0 unspecified atom stereocenters. The van der Waals surface area contributed by atoms with Crippen molar-refractivity contribution in [3.8, 4) is 0 Å².